The van der Waals surface area contributed by atoms with Crippen molar-refractivity contribution < 1.29 is 0 Å². The lowest BCUT2D eigenvalue weighted by atomic mass is 10.1. The van der Waals surface area contributed by atoms with Gasteiger partial charge in [-0.05, 0) is 5.56 Å². The van der Waals surface area contributed by atoms with E-state index in [1.807, 2.05) is 17.6 Å². The number of hydrogen-bond donors (Lipinski definition) is 2. The van der Waals surface area contributed by atoms with Gasteiger partial charge in [0.25, 0.3) is 0 Å². The predicted molar refractivity (Wildman–Crippen MR) is 68.1 cm³/mol. The van der Waals surface area contributed by atoms with Gasteiger partial charge in [0.2, 0.25) is 0 Å². The van der Waals surface area contributed by atoms with E-state index < -0.39 is 0 Å². The Morgan fingerprint density at radius 1 is 1.27 bits per heavy atom. The number of nitrogens with two attached hydrogens (primary N) is 1. The van der Waals surface area contributed by atoms with Gasteiger partial charge >= 0.3 is 0 Å². The number of aromatic nitrogens is 1. The summed E-state index contributed by atoms with van der Waals surface area (Å²) in [6, 6.07) is 8.20. The van der Waals surface area contributed by atoms with Gasteiger partial charge in [-0.25, -0.2) is 4.98 Å². The van der Waals surface area contributed by atoms with Crippen molar-refractivity contribution in [1.82, 2.24) is 4.98 Å². The van der Waals surface area contributed by atoms with Crippen LogP contribution in [0, 0.1) is 0 Å². The van der Waals surface area contributed by atoms with Crippen LogP contribution in [0.25, 0.3) is 11.3 Å². The maximum atomic E-state index is 5.55. The van der Waals surface area contributed by atoms with Crippen molar-refractivity contribution in [3.8, 4) is 11.3 Å². The van der Waals surface area contributed by atoms with Crippen molar-refractivity contribution in [2.24, 2.45) is 5.73 Å². The molecule has 1 heterocycles. The van der Waals surface area contributed by atoms with Crippen LogP contribution in [0.2, 0.25) is 0 Å². The minimum Gasteiger partial charge on any atom is -0.326 e. The molecule has 0 aliphatic heterocycles. The highest BCUT2D eigenvalue weighted by atomic mass is 32.1. The Morgan fingerprint density at radius 2 is 2.00 bits per heavy atom. The summed E-state index contributed by atoms with van der Waals surface area (Å²) in [6.45, 7) is 0.580. The Hall–Kier alpha value is -0.840. The molecule has 2 aromatic rings. The Bertz CT molecular complexity index is 434. The Morgan fingerprint density at radius 3 is 2.60 bits per heavy atom. The van der Waals surface area contributed by atoms with E-state index >= 15 is 0 Å². The highest BCUT2D eigenvalue weighted by Crippen LogP contribution is 2.26. The van der Waals surface area contributed by atoms with Gasteiger partial charge in [-0.2, -0.15) is 12.6 Å². The second kappa shape index (κ2) is 4.79. The number of benzene rings is 1. The summed E-state index contributed by atoms with van der Waals surface area (Å²) in [5.41, 5.74) is 10.7. The van der Waals surface area contributed by atoms with Gasteiger partial charge in [-0.15, -0.1) is 11.3 Å². The Kier molecular flexibility index (Phi) is 3.41. The van der Waals surface area contributed by atoms with Crippen LogP contribution >= 0.6 is 24.0 Å². The molecule has 0 fully saturated rings. The van der Waals surface area contributed by atoms with Gasteiger partial charge in [-0.1, -0.05) is 24.3 Å². The molecule has 0 saturated heterocycles. The van der Waals surface area contributed by atoms with Crippen molar-refractivity contribution in [1.29, 1.82) is 0 Å². The topological polar surface area (TPSA) is 38.9 Å². The van der Waals surface area contributed by atoms with Gasteiger partial charge in [0.05, 0.1) is 11.2 Å². The zero-order chi connectivity index (χ0) is 10.7. The Labute approximate surface area is 98.6 Å². The summed E-state index contributed by atoms with van der Waals surface area (Å²) in [5, 5.41) is 0. The molecule has 0 unspecified atom stereocenters. The van der Waals surface area contributed by atoms with Crippen LogP contribution in [0.4, 0.5) is 0 Å². The molecule has 0 bridgehead atoms. The van der Waals surface area contributed by atoms with Crippen LogP contribution in [-0.4, -0.2) is 4.98 Å². The second-order valence-electron chi connectivity index (χ2n) is 3.18. The lowest BCUT2D eigenvalue weighted by molar-refractivity contribution is 1.07. The number of thiazole rings is 1. The predicted octanol–water partition coefficient (Wildman–Crippen LogP) is 2.70. The number of hydrogen-bond acceptors (Lipinski definition) is 4. The normalized spacial score (nSPS) is 10.5. The quantitative estimate of drug-likeness (QED) is 0.804. The van der Waals surface area contributed by atoms with Crippen molar-refractivity contribution in [2.45, 2.75) is 12.3 Å². The Balaban J connectivity index is 2.37. The van der Waals surface area contributed by atoms with Gasteiger partial charge in [-0.3, -0.25) is 0 Å². The molecular weight excluding hydrogens is 224 g/mol. The zero-order valence-corrected chi connectivity index (χ0v) is 9.89. The summed E-state index contributed by atoms with van der Waals surface area (Å²) >= 11 is 5.93. The minimum absolute atomic E-state index is 0.580. The fourth-order valence-corrected chi connectivity index (χ4v) is 2.43. The molecule has 15 heavy (non-hydrogen) atoms. The molecule has 1 aromatic heterocycles. The van der Waals surface area contributed by atoms with E-state index in [4.69, 9.17) is 5.73 Å². The first-order valence-corrected chi connectivity index (χ1v) is 6.19. The number of rotatable bonds is 3. The molecule has 0 aliphatic carbocycles. The highest BCUT2D eigenvalue weighted by Gasteiger charge is 2.06. The SMILES string of the molecule is NCc1ccc(-c2ncsc2CS)cc1. The van der Waals surface area contributed by atoms with Crippen LogP contribution in [0.5, 0.6) is 0 Å². The van der Waals surface area contributed by atoms with E-state index in [-0.39, 0.29) is 0 Å². The van der Waals surface area contributed by atoms with Crippen LogP contribution in [0.1, 0.15) is 10.4 Å². The van der Waals surface area contributed by atoms with Crippen LogP contribution < -0.4 is 5.73 Å². The first-order valence-electron chi connectivity index (χ1n) is 4.67. The lowest BCUT2D eigenvalue weighted by Crippen LogP contribution is -1.95. The molecule has 0 atom stereocenters. The molecule has 4 heteroatoms. The average molecular weight is 236 g/mol. The summed E-state index contributed by atoms with van der Waals surface area (Å²) in [5.74, 6) is 0.735. The molecule has 0 spiro atoms. The average Bonchev–Trinajstić information content (AvgIpc) is 2.77. The largest absolute Gasteiger partial charge is 0.326 e. The monoisotopic (exact) mass is 236 g/mol. The number of nitrogens with zero attached hydrogens (tertiary/aromatic N) is 1. The summed E-state index contributed by atoms with van der Waals surface area (Å²) < 4.78 is 0. The van der Waals surface area contributed by atoms with Crippen molar-refractivity contribution in [2.75, 3.05) is 0 Å². The molecular formula is C11H12N2S2. The smallest absolute Gasteiger partial charge is 0.0851 e. The summed E-state index contributed by atoms with van der Waals surface area (Å²) in [7, 11) is 0. The summed E-state index contributed by atoms with van der Waals surface area (Å²) in [4.78, 5) is 5.56. The van der Waals surface area contributed by atoms with Crippen molar-refractivity contribution in [3.63, 3.8) is 0 Å². The van der Waals surface area contributed by atoms with Crippen LogP contribution in [0.3, 0.4) is 0 Å². The molecule has 0 aliphatic rings. The minimum atomic E-state index is 0.580. The standard InChI is InChI=1S/C11H12N2S2/c12-5-8-1-3-9(4-2-8)11-10(6-14)15-7-13-11/h1-4,7,14H,5-6,12H2. The third-order valence-corrected chi connectivity index (χ3v) is 3.61. The molecule has 0 amide bonds. The molecule has 78 valence electrons. The van der Waals surface area contributed by atoms with E-state index in [1.54, 1.807) is 11.3 Å². The van der Waals surface area contributed by atoms with Crippen LogP contribution in [-0.2, 0) is 12.3 Å². The van der Waals surface area contributed by atoms with Crippen molar-refractivity contribution in [3.05, 3.63) is 40.2 Å². The first kappa shape index (κ1) is 10.7. The van der Waals surface area contributed by atoms with E-state index in [9.17, 15) is 0 Å². The maximum Gasteiger partial charge on any atom is 0.0851 e. The number of thiol groups is 1. The highest BCUT2D eigenvalue weighted by molar-refractivity contribution is 7.79. The molecule has 2 rings (SSSR count). The van der Waals surface area contributed by atoms with Gasteiger partial charge < -0.3 is 5.73 Å². The molecule has 0 radical (unpaired) electrons. The third kappa shape index (κ3) is 2.22. The fraction of sp³-hybridized carbons (Fsp3) is 0.182. The van der Waals surface area contributed by atoms with Gasteiger partial charge in [0.15, 0.2) is 0 Å². The third-order valence-electron chi connectivity index (χ3n) is 2.25. The summed E-state index contributed by atoms with van der Waals surface area (Å²) in [6.07, 6.45) is 0. The van der Waals surface area contributed by atoms with E-state index in [0.29, 0.717) is 6.54 Å². The lowest BCUT2D eigenvalue weighted by Gasteiger charge is -2.01. The van der Waals surface area contributed by atoms with Crippen molar-refractivity contribution >= 4 is 24.0 Å². The maximum absolute atomic E-state index is 5.55. The molecule has 1 aromatic carbocycles. The zero-order valence-electron chi connectivity index (χ0n) is 8.18. The van der Waals surface area contributed by atoms with Gasteiger partial charge in [0, 0.05) is 22.7 Å². The molecule has 0 saturated carbocycles. The van der Waals surface area contributed by atoms with Crippen LogP contribution in [0.15, 0.2) is 29.8 Å². The van der Waals surface area contributed by atoms with E-state index in [2.05, 4.69) is 29.7 Å². The van der Waals surface area contributed by atoms with E-state index in [1.165, 1.54) is 4.88 Å². The van der Waals surface area contributed by atoms with Gasteiger partial charge in [0.1, 0.15) is 0 Å². The fourth-order valence-electron chi connectivity index (χ4n) is 1.42. The first-order chi connectivity index (χ1) is 7.35. The molecule has 2 nitrogen and oxygen atoms in total. The van der Waals surface area contributed by atoms with E-state index in [0.717, 1.165) is 22.6 Å². The molecule has 2 N–H and O–H groups in total. The second-order valence-corrected chi connectivity index (χ2v) is 4.44.